The summed E-state index contributed by atoms with van der Waals surface area (Å²) >= 11 is 12.2. The molecule has 7 nitrogen and oxygen atoms in total. The summed E-state index contributed by atoms with van der Waals surface area (Å²) in [5.74, 6) is -0.718. The van der Waals surface area contributed by atoms with Crippen LogP contribution in [0.5, 0.6) is 5.88 Å². The highest BCUT2D eigenvalue weighted by atomic mass is 35.5. The molecule has 1 aromatic carbocycles. The lowest BCUT2D eigenvalue weighted by atomic mass is 9.95. The van der Waals surface area contributed by atoms with E-state index in [0.29, 0.717) is 10.6 Å². The predicted molar refractivity (Wildman–Crippen MR) is 86.3 cm³/mol. The summed E-state index contributed by atoms with van der Waals surface area (Å²) in [6, 6.07) is 6.47. The molecule has 3 rings (SSSR count). The van der Waals surface area contributed by atoms with Gasteiger partial charge in [0.2, 0.25) is 5.88 Å². The third kappa shape index (κ3) is 3.27. The molecule has 1 aliphatic heterocycles. The Bertz CT molecular complexity index is 759. The van der Waals surface area contributed by atoms with Gasteiger partial charge in [0.25, 0.3) is 11.8 Å². The maximum absolute atomic E-state index is 12.0. The molecular formula is C15H12Cl2N4O3. The number of rotatable bonds is 5. The summed E-state index contributed by atoms with van der Waals surface area (Å²) in [7, 11) is 0. The van der Waals surface area contributed by atoms with Gasteiger partial charge in [0.1, 0.15) is 11.4 Å². The molecule has 2 atom stereocenters. The van der Waals surface area contributed by atoms with Gasteiger partial charge in [0, 0.05) is 17.4 Å². The number of benzene rings is 1. The van der Waals surface area contributed by atoms with Gasteiger partial charge in [-0.1, -0.05) is 29.8 Å². The van der Waals surface area contributed by atoms with E-state index in [1.54, 1.807) is 24.3 Å². The number of carbonyl (C=O) groups excluding carboxylic acids is 2. The molecule has 2 heterocycles. The Morgan fingerprint density at radius 2 is 2.12 bits per heavy atom. The van der Waals surface area contributed by atoms with Gasteiger partial charge in [-0.3, -0.25) is 20.0 Å². The van der Waals surface area contributed by atoms with Crippen LogP contribution in [0.1, 0.15) is 11.6 Å². The van der Waals surface area contributed by atoms with E-state index in [9.17, 15) is 9.59 Å². The fourth-order valence-corrected chi connectivity index (χ4v) is 2.86. The molecule has 9 heteroatoms. The van der Waals surface area contributed by atoms with E-state index in [2.05, 4.69) is 15.4 Å². The third-order valence-corrected chi connectivity index (χ3v) is 4.16. The number of amides is 2. The van der Waals surface area contributed by atoms with Crippen molar-refractivity contribution in [2.24, 2.45) is 0 Å². The second-order valence-corrected chi connectivity index (χ2v) is 5.82. The third-order valence-electron chi connectivity index (χ3n) is 3.39. The number of hydrogen-bond acceptors (Lipinski definition) is 5. The van der Waals surface area contributed by atoms with Crippen LogP contribution < -0.4 is 10.2 Å². The van der Waals surface area contributed by atoms with Crippen LogP contribution in [-0.4, -0.2) is 38.8 Å². The Kier molecular flexibility index (Phi) is 4.82. The monoisotopic (exact) mass is 366 g/mol. The zero-order valence-corrected chi connectivity index (χ0v) is 13.7. The minimum absolute atomic E-state index is 0.209. The maximum atomic E-state index is 12.0. The van der Waals surface area contributed by atoms with Gasteiger partial charge in [-0.25, -0.2) is 9.99 Å². The van der Waals surface area contributed by atoms with Crippen molar-refractivity contribution in [3.63, 3.8) is 0 Å². The first-order chi connectivity index (χ1) is 11.6. The van der Waals surface area contributed by atoms with Crippen LogP contribution in [-0.2, 0) is 9.59 Å². The number of halogens is 2. The lowest BCUT2D eigenvalue weighted by molar-refractivity contribution is -0.157. The van der Waals surface area contributed by atoms with Gasteiger partial charge in [-0.2, -0.15) is 0 Å². The quantitative estimate of drug-likeness (QED) is 0.643. The normalized spacial score (nSPS) is 19.6. The topological polar surface area (TPSA) is 84.4 Å². The van der Waals surface area contributed by atoms with Crippen LogP contribution in [0, 0.1) is 0 Å². The minimum Gasteiger partial charge on any atom is -0.466 e. The molecular weight excluding hydrogens is 355 g/mol. The van der Waals surface area contributed by atoms with Crippen molar-refractivity contribution in [1.29, 1.82) is 0 Å². The minimum atomic E-state index is -0.786. The summed E-state index contributed by atoms with van der Waals surface area (Å²) in [5.41, 5.74) is 3.13. The molecule has 0 aliphatic carbocycles. The lowest BCUT2D eigenvalue weighted by Crippen LogP contribution is -2.63. The molecule has 2 amide bonds. The molecule has 124 valence electrons. The van der Waals surface area contributed by atoms with Crippen LogP contribution in [0.4, 0.5) is 0 Å². The molecule has 2 unspecified atom stereocenters. The van der Waals surface area contributed by atoms with Gasteiger partial charge in [0.05, 0.1) is 6.20 Å². The van der Waals surface area contributed by atoms with Gasteiger partial charge < -0.3 is 4.74 Å². The highest BCUT2D eigenvalue weighted by Crippen LogP contribution is 2.39. The molecule has 0 saturated carbocycles. The Morgan fingerprint density at radius 3 is 2.83 bits per heavy atom. The van der Waals surface area contributed by atoms with E-state index >= 15 is 0 Å². The van der Waals surface area contributed by atoms with Crippen molar-refractivity contribution in [3.05, 3.63) is 53.4 Å². The van der Waals surface area contributed by atoms with Crippen LogP contribution >= 0.6 is 23.2 Å². The van der Waals surface area contributed by atoms with Crippen LogP contribution in [0.25, 0.3) is 0 Å². The summed E-state index contributed by atoms with van der Waals surface area (Å²) in [4.78, 5) is 31.6. The lowest BCUT2D eigenvalue weighted by Gasteiger charge is -2.44. The molecule has 1 aliphatic rings. The number of nitrogens with one attached hydrogen (secondary N) is 1. The van der Waals surface area contributed by atoms with Crippen molar-refractivity contribution in [1.82, 2.24) is 20.4 Å². The average Bonchev–Trinajstić information content (AvgIpc) is 2.61. The number of aromatic nitrogens is 2. The highest BCUT2D eigenvalue weighted by Gasteiger charge is 2.49. The Morgan fingerprint density at radius 1 is 1.33 bits per heavy atom. The number of β-lactam (4-membered cyclic amide) rings is 1. The molecule has 2 aromatic rings. The van der Waals surface area contributed by atoms with Crippen molar-refractivity contribution >= 4 is 35.0 Å². The first-order valence-electron chi connectivity index (χ1n) is 6.98. The van der Waals surface area contributed by atoms with Crippen molar-refractivity contribution in [3.8, 4) is 5.88 Å². The van der Waals surface area contributed by atoms with Crippen molar-refractivity contribution < 1.29 is 14.3 Å². The molecule has 1 N–H and O–H groups in total. The Labute approximate surface area is 147 Å². The van der Waals surface area contributed by atoms with E-state index in [1.165, 1.54) is 18.6 Å². The number of carbonyl (C=O) groups is 2. The largest absolute Gasteiger partial charge is 0.466 e. The standard InChI is InChI=1S/C15H12Cl2N4O3/c16-10-4-2-1-3-9(10)14-13(17)15(23)21(14)20-11(22)8-24-12-7-18-5-6-19-12/h1-7,13-14H,8H2,(H,20,22). The summed E-state index contributed by atoms with van der Waals surface area (Å²) in [6.07, 6.45) is 4.31. The van der Waals surface area contributed by atoms with E-state index in [4.69, 9.17) is 27.9 Å². The van der Waals surface area contributed by atoms with Crippen LogP contribution in [0.3, 0.4) is 0 Å². The SMILES string of the molecule is O=C(COc1cnccn1)NN1C(=O)C(Cl)C1c1ccccc1Cl. The Hall–Kier alpha value is -2.38. The fraction of sp³-hybridized carbons (Fsp3) is 0.200. The number of hydrogen-bond donors (Lipinski definition) is 1. The first kappa shape index (κ1) is 16.5. The van der Waals surface area contributed by atoms with Gasteiger partial charge in [-0.15, -0.1) is 11.6 Å². The van der Waals surface area contributed by atoms with Crippen LogP contribution in [0.2, 0.25) is 5.02 Å². The molecule has 1 aromatic heterocycles. The van der Waals surface area contributed by atoms with E-state index in [0.717, 1.165) is 5.01 Å². The van der Waals surface area contributed by atoms with Crippen molar-refractivity contribution in [2.75, 3.05) is 6.61 Å². The predicted octanol–water partition coefficient (Wildman–Crippen LogP) is 1.73. The second kappa shape index (κ2) is 7.02. The fourth-order valence-electron chi connectivity index (χ4n) is 2.26. The zero-order valence-electron chi connectivity index (χ0n) is 12.2. The molecule has 1 saturated heterocycles. The van der Waals surface area contributed by atoms with Gasteiger partial charge in [0.15, 0.2) is 6.61 Å². The number of alkyl halides is 1. The Balaban J connectivity index is 1.64. The number of hydrazine groups is 1. The molecule has 0 radical (unpaired) electrons. The number of ether oxygens (including phenoxy) is 1. The average molecular weight is 367 g/mol. The molecule has 1 fully saturated rings. The smallest absolute Gasteiger partial charge is 0.276 e. The highest BCUT2D eigenvalue weighted by molar-refractivity contribution is 6.35. The first-order valence-corrected chi connectivity index (χ1v) is 7.79. The molecule has 24 heavy (non-hydrogen) atoms. The summed E-state index contributed by atoms with van der Waals surface area (Å²) in [5, 5.41) is 0.836. The zero-order chi connectivity index (χ0) is 17.1. The molecule has 0 bridgehead atoms. The van der Waals surface area contributed by atoms with E-state index in [-0.39, 0.29) is 12.5 Å². The van der Waals surface area contributed by atoms with Crippen molar-refractivity contribution in [2.45, 2.75) is 11.4 Å². The van der Waals surface area contributed by atoms with Gasteiger partial charge >= 0.3 is 0 Å². The molecule has 0 spiro atoms. The van der Waals surface area contributed by atoms with Crippen LogP contribution in [0.15, 0.2) is 42.9 Å². The van der Waals surface area contributed by atoms with Gasteiger partial charge in [-0.05, 0) is 11.6 Å². The summed E-state index contributed by atoms with van der Waals surface area (Å²) < 4.78 is 5.18. The van der Waals surface area contributed by atoms with E-state index in [1.807, 2.05) is 0 Å². The summed E-state index contributed by atoms with van der Waals surface area (Å²) in [6.45, 7) is -0.315. The number of nitrogens with zero attached hydrogens (tertiary/aromatic N) is 3. The maximum Gasteiger partial charge on any atom is 0.276 e. The second-order valence-electron chi connectivity index (χ2n) is 4.94. The van der Waals surface area contributed by atoms with E-state index < -0.39 is 23.2 Å².